The van der Waals surface area contributed by atoms with Crippen LogP contribution in [0.2, 0.25) is 0 Å². The van der Waals surface area contributed by atoms with Crippen LogP contribution in [0.25, 0.3) is 0 Å². The van der Waals surface area contributed by atoms with Crippen LogP contribution in [-0.4, -0.2) is 40.3 Å². The van der Waals surface area contributed by atoms with Crippen LogP contribution in [-0.2, 0) is 41.2 Å². The largest absolute Gasteiger partial charge is 0.497 e. The Morgan fingerprint density at radius 1 is 0.426 bits per heavy atom. The summed E-state index contributed by atoms with van der Waals surface area (Å²) < 4.78 is 61.4. The first-order chi connectivity index (χ1) is 32.0. The average molecular weight is 978 g/mol. The number of carbonyl (C=O) groups excluding carboxylic acids is 2. The number of halogens is 2. The molecule has 68 heavy (non-hydrogen) atoms. The monoisotopic (exact) mass is 977 g/mol. The van der Waals surface area contributed by atoms with E-state index in [1.165, 1.54) is 60.0 Å². The van der Waals surface area contributed by atoms with Gasteiger partial charge in [-0.05, 0) is 84.9 Å². The van der Waals surface area contributed by atoms with E-state index in [2.05, 4.69) is 0 Å². The maximum absolute atomic E-state index is 14.1. The quantitative estimate of drug-likeness (QED) is 0.106. The van der Waals surface area contributed by atoms with Gasteiger partial charge in [0, 0.05) is 55.7 Å². The van der Waals surface area contributed by atoms with Crippen LogP contribution < -0.4 is 38.2 Å². The van der Waals surface area contributed by atoms with Gasteiger partial charge in [-0.25, -0.2) is 8.78 Å². The fourth-order valence-electron chi connectivity index (χ4n) is 5.89. The van der Waals surface area contributed by atoms with Crippen LogP contribution in [0.1, 0.15) is 87.8 Å². The van der Waals surface area contributed by atoms with Crippen molar-refractivity contribution in [1.29, 1.82) is 0 Å². The van der Waals surface area contributed by atoms with Crippen molar-refractivity contribution < 1.29 is 65.3 Å². The fourth-order valence-corrected chi connectivity index (χ4v) is 5.89. The third-order valence-electron chi connectivity index (χ3n) is 8.76. The third kappa shape index (κ3) is 19.8. The Kier molecular flexibility index (Phi) is 33.4. The first kappa shape index (κ1) is 63.6. The topological polar surface area (TPSA) is 96.0 Å². The maximum atomic E-state index is 14.1. The summed E-state index contributed by atoms with van der Waals surface area (Å²) in [5.74, 6) is 2.90. The number of para-hydroxylation sites is 2. The van der Waals surface area contributed by atoms with Crippen molar-refractivity contribution in [3.8, 4) is 46.0 Å². The number of ether oxygens (including phenoxy) is 6. The molecule has 6 aromatic rings. The van der Waals surface area contributed by atoms with E-state index in [-0.39, 0.29) is 50.9 Å². The minimum atomic E-state index is -0.468. The molecule has 13 heteroatoms. The summed E-state index contributed by atoms with van der Waals surface area (Å²) in [5, 5.41) is 0. The molecule has 0 aliphatic heterocycles. The zero-order valence-electron chi connectivity index (χ0n) is 41.5. The van der Waals surface area contributed by atoms with Gasteiger partial charge in [0.05, 0.1) is 52.9 Å². The van der Waals surface area contributed by atoms with Gasteiger partial charge < -0.3 is 38.2 Å². The van der Waals surface area contributed by atoms with Gasteiger partial charge >= 0.3 is 0 Å². The third-order valence-corrected chi connectivity index (χ3v) is 8.76. The Balaban J connectivity index is 0. The van der Waals surface area contributed by atoms with E-state index in [1.54, 1.807) is 89.1 Å². The summed E-state index contributed by atoms with van der Waals surface area (Å²) >= 11 is 0. The molecule has 6 aromatic carbocycles. The van der Waals surface area contributed by atoms with Crippen molar-refractivity contribution in [2.45, 2.75) is 89.8 Å². The summed E-state index contributed by atoms with van der Waals surface area (Å²) in [5.41, 5.74) is 2.09. The second-order valence-electron chi connectivity index (χ2n) is 12.6. The van der Waals surface area contributed by atoms with Crippen molar-refractivity contribution >= 4 is 23.2 Å². The number of methoxy groups -OCH3 is 4. The summed E-state index contributed by atoms with van der Waals surface area (Å²) in [6, 6.07) is 37.1. The maximum Gasteiger partial charge on any atom is 0.224 e. The van der Waals surface area contributed by atoms with Crippen LogP contribution in [0, 0.1) is 11.6 Å². The molecular weight excluding hydrogens is 906 g/mol. The number of benzene rings is 6. The van der Waals surface area contributed by atoms with E-state index in [0.717, 1.165) is 11.1 Å². The molecule has 0 aromatic heterocycles. The Morgan fingerprint density at radius 3 is 1.01 bits per heavy atom. The van der Waals surface area contributed by atoms with Crippen LogP contribution in [0.15, 0.2) is 133 Å². The van der Waals surface area contributed by atoms with Gasteiger partial charge in [-0.15, -0.1) is 0 Å². The number of rotatable bonds is 14. The molecule has 0 atom stereocenters. The molecule has 2 amide bonds. The molecule has 0 bridgehead atoms. The van der Waals surface area contributed by atoms with Crippen LogP contribution >= 0.6 is 0 Å². The van der Waals surface area contributed by atoms with Gasteiger partial charge in [0.15, 0.2) is 11.5 Å². The number of anilines is 2. The van der Waals surface area contributed by atoms with E-state index in [9.17, 15) is 18.4 Å². The van der Waals surface area contributed by atoms with Crippen molar-refractivity contribution in [3.63, 3.8) is 0 Å². The Morgan fingerprint density at radius 2 is 0.735 bits per heavy atom. The van der Waals surface area contributed by atoms with Gasteiger partial charge in [-0.3, -0.25) is 9.59 Å². The molecule has 0 heterocycles. The zero-order chi connectivity index (χ0) is 49.6. The standard InChI is InChI=1S/2C23H22FNO4.4C2H6.CH4.V/c2*1-16(26)25(15-17-13-20(27-2)10-12-22(17)28-3)21-14-18(24)9-11-23(21)29-19-7-5-4-6-8-19;4*1-2;;/h2*4-14H,15H2,1-3H3;4*1-2H3;1H4;. The summed E-state index contributed by atoms with van der Waals surface area (Å²) in [4.78, 5) is 27.9. The van der Waals surface area contributed by atoms with E-state index in [1.807, 2.05) is 91.8 Å². The SMILES string of the molecule is C.CC.CC.CC.CC.COc1ccc(OC)c(CN(C(C)=O)c2cc(F)ccc2Oc2ccccc2)c1.COc1ccc(OC)c(CN(C(C)=O)c2cc(F)ccc2Oc2ccccc2)c1.[V]. The van der Waals surface area contributed by atoms with E-state index >= 15 is 0 Å². The smallest absolute Gasteiger partial charge is 0.224 e. The van der Waals surface area contributed by atoms with Gasteiger partial charge in [0.25, 0.3) is 0 Å². The molecule has 1 radical (unpaired) electrons. The summed E-state index contributed by atoms with van der Waals surface area (Å²) in [7, 11) is 6.23. The minimum Gasteiger partial charge on any atom is -0.497 e. The molecular formula is C55H72F2N2O8V. The van der Waals surface area contributed by atoms with E-state index in [4.69, 9.17) is 28.4 Å². The van der Waals surface area contributed by atoms with Gasteiger partial charge in [0.2, 0.25) is 11.8 Å². The fraction of sp³-hybridized carbons (Fsp3) is 0.309. The predicted octanol–water partition coefficient (Wildman–Crippen LogP) is 15.1. The molecule has 0 aliphatic rings. The van der Waals surface area contributed by atoms with Crippen LogP contribution in [0.5, 0.6) is 46.0 Å². The number of nitrogens with zero attached hydrogens (tertiary/aromatic N) is 2. The molecule has 0 spiro atoms. The van der Waals surface area contributed by atoms with E-state index < -0.39 is 11.6 Å². The predicted molar refractivity (Wildman–Crippen MR) is 271 cm³/mol. The van der Waals surface area contributed by atoms with Crippen molar-refractivity contribution in [3.05, 3.63) is 156 Å². The van der Waals surface area contributed by atoms with Gasteiger partial charge in [0.1, 0.15) is 46.1 Å². The number of hydrogen-bond acceptors (Lipinski definition) is 8. The van der Waals surface area contributed by atoms with Gasteiger partial charge in [-0.2, -0.15) is 0 Å². The molecule has 0 saturated carbocycles. The molecule has 6 rings (SSSR count). The van der Waals surface area contributed by atoms with Crippen molar-refractivity contribution in [1.82, 2.24) is 0 Å². The zero-order valence-corrected chi connectivity index (χ0v) is 42.9. The molecule has 0 N–H and O–H groups in total. The molecule has 0 saturated heterocycles. The molecule has 0 fully saturated rings. The Labute approximate surface area is 417 Å². The molecule has 369 valence electrons. The Hall–Kier alpha value is -6.50. The first-order valence-corrected chi connectivity index (χ1v) is 22.1. The number of carbonyl (C=O) groups is 2. The second kappa shape index (κ2) is 35.7. The molecule has 0 unspecified atom stereocenters. The van der Waals surface area contributed by atoms with E-state index in [0.29, 0.717) is 57.4 Å². The van der Waals surface area contributed by atoms with Crippen LogP contribution in [0.3, 0.4) is 0 Å². The summed E-state index contributed by atoms with van der Waals surface area (Å²) in [6.45, 7) is 19.2. The number of amides is 2. The van der Waals surface area contributed by atoms with Crippen molar-refractivity contribution in [2.24, 2.45) is 0 Å². The summed E-state index contributed by atoms with van der Waals surface area (Å²) in [6.07, 6.45) is 0. The normalized spacial score (nSPS) is 9.18. The van der Waals surface area contributed by atoms with Gasteiger partial charge in [-0.1, -0.05) is 99.2 Å². The van der Waals surface area contributed by atoms with Crippen molar-refractivity contribution in [2.75, 3.05) is 38.2 Å². The number of hydrogen-bond donors (Lipinski definition) is 0. The molecule has 10 nitrogen and oxygen atoms in total. The Bertz CT molecular complexity index is 2160. The minimum absolute atomic E-state index is 0. The average Bonchev–Trinajstić information content (AvgIpc) is 3.36. The van der Waals surface area contributed by atoms with Crippen LogP contribution in [0.4, 0.5) is 20.2 Å². The second-order valence-corrected chi connectivity index (χ2v) is 12.6. The molecule has 0 aliphatic carbocycles. The first-order valence-electron chi connectivity index (χ1n) is 22.1.